The predicted molar refractivity (Wildman–Crippen MR) is 60.2 cm³/mol. The molecule has 1 aliphatic heterocycles. The largest absolute Gasteiger partial charge is 0.328 e. The van der Waals surface area contributed by atoms with Gasteiger partial charge in [0, 0.05) is 25.2 Å². The third-order valence-corrected chi connectivity index (χ3v) is 4.08. The van der Waals surface area contributed by atoms with Crippen LogP contribution in [0.15, 0.2) is 0 Å². The molecule has 1 spiro atoms. The number of rotatable bonds is 3. The Hall–Kier alpha value is -0.0800. The molecule has 1 saturated heterocycles. The molecule has 1 heterocycles. The molecule has 14 heavy (non-hydrogen) atoms. The highest BCUT2D eigenvalue weighted by atomic mass is 15.2. The Morgan fingerprint density at radius 3 is 2.29 bits per heavy atom. The molecule has 0 bridgehead atoms. The van der Waals surface area contributed by atoms with Crippen molar-refractivity contribution in [2.45, 2.75) is 58.0 Å². The van der Waals surface area contributed by atoms with Crippen molar-refractivity contribution in [2.24, 2.45) is 11.1 Å². The first-order valence-electron chi connectivity index (χ1n) is 6.11. The minimum absolute atomic E-state index is 0.352. The van der Waals surface area contributed by atoms with Crippen LogP contribution in [-0.2, 0) is 0 Å². The second kappa shape index (κ2) is 3.82. The van der Waals surface area contributed by atoms with E-state index in [1.165, 1.54) is 38.8 Å². The minimum atomic E-state index is 0.352. The second-order valence-electron chi connectivity index (χ2n) is 5.67. The van der Waals surface area contributed by atoms with Crippen molar-refractivity contribution in [2.75, 3.05) is 13.1 Å². The summed E-state index contributed by atoms with van der Waals surface area (Å²) in [6.45, 7) is 7.13. The van der Waals surface area contributed by atoms with Crippen molar-refractivity contribution < 1.29 is 0 Å². The van der Waals surface area contributed by atoms with Gasteiger partial charge in [0.25, 0.3) is 0 Å². The molecule has 2 nitrogen and oxygen atoms in total. The van der Waals surface area contributed by atoms with E-state index in [9.17, 15) is 0 Å². The fourth-order valence-electron chi connectivity index (χ4n) is 3.26. The Morgan fingerprint density at radius 1 is 1.21 bits per heavy atom. The summed E-state index contributed by atoms with van der Waals surface area (Å²) < 4.78 is 0. The van der Waals surface area contributed by atoms with Gasteiger partial charge in [-0.15, -0.1) is 0 Å². The van der Waals surface area contributed by atoms with Gasteiger partial charge in [-0.3, -0.25) is 4.90 Å². The molecule has 2 aliphatic rings. The Labute approximate surface area is 87.8 Å². The van der Waals surface area contributed by atoms with E-state index in [-0.39, 0.29) is 0 Å². The first kappa shape index (κ1) is 10.4. The van der Waals surface area contributed by atoms with Gasteiger partial charge in [0.1, 0.15) is 0 Å². The van der Waals surface area contributed by atoms with Crippen molar-refractivity contribution in [1.82, 2.24) is 4.90 Å². The number of nitrogens with zero attached hydrogens (tertiary/aromatic N) is 1. The molecule has 2 fully saturated rings. The zero-order valence-corrected chi connectivity index (χ0v) is 9.63. The smallest absolute Gasteiger partial charge is 0.00820 e. The van der Waals surface area contributed by atoms with Crippen molar-refractivity contribution in [3.8, 4) is 0 Å². The summed E-state index contributed by atoms with van der Waals surface area (Å²) in [5.41, 5.74) is 6.57. The molecule has 0 aromatic heterocycles. The van der Waals surface area contributed by atoms with Gasteiger partial charge in [0.05, 0.1) is 0 Å². The molecule has 82 valence electrons. The highest BCUT2D eigenvalue weighted by Crippen LogP contribution is 2.46. The summed E-state index contributed by atoms with van der Waals surface area (Å²) in [4.78, 5) is 2.62. The lowest BCUT2D eigenvalue weighted by Gasteiger charge is -2.51. The first-order chi connectivity index (χ1) is 6.61. The normalized spacial score (nSPS) is 30.2. The molecule has 0 amide bonds. The van der Waals surface area contributed by atoms with E-state index in [0.717, 1.165) is 11.8 Å². The van der Waals surface area contributed by atoms with Crippen LogP contribution in [0.4, 0.5) is 0 Å². The van der Waals surface area contributed by atoms with E-state index in [4.69, 9.17) is 5.73 Å². The lowest BCUT2D eigenvalue weighted by atomic mass is 9.77. The molecule has 0 aromatic rings. The maximum Gasteiger partial charge on any atom is 0.00820 e. The number of hydrogen-bond acceptors (Lipinski definition) is 2. The molecular weight excluding hydrogens is 172 g/mol. The van der Waals surface area contributed by atoms with Gasteiger partial charge < -0.3 is 5.73 Å². The number of likely N-dealkylation sites (tertiary alicyclic amines) is 1. The van der Waals surface area contributed by atoms with E-state index < -0.39 is 0 Å². The van der Waals surface area contributed by atoms with Crippen LogP contribution in [0.25, 0.3) is 0 Å². The molecule has 1 saturated carbocycles. The van der Waals surface area contributed by atoms with Gasteiger partial charge in [-0.25, -0.2) is 0 Å². The molecule has 0 aromatic carbocycles. The van der Waals surface area contributed by atoms with Crippen LogP contribution in [0, 0.1) is 5.41 Å². The van der Waals surface area contributed by atoms with E-state index in [1.54, 1.807) is 0 Å². The lowest BCUT2D eigenvalue weighted by Crippen LogP contribution is -2.58. The Balaban J connectivity index is 1.76. The summed E-state index contributed by atoms with van der Waals surface area (Å²) >= 11 is 0. The van der Waals surface area contributed by atoms with Crippen molar-refractivity contribution in [1.29, 1.82) is 0 Å². The van der Waals surface area contributed by atoms with Crippen LogP contribution >= 0.6 is 0 Å². The minimum Gasteiger partial charge on any atom is -0.328 e. The Bertz CT molecular complexity index is 186. The van der Waals surface area contributed by atoms with Crippen LogP contribution in [0.5, 0.6) is 0 Å². The van der Waals surface area contributed by atoms with Crippen LogP contribution in [0.3, 0.4) is 0 Å². The van der Waals surface area contributed by atoms with Crippen molar-refractivity contribution in [3.63, 3.8) is 0 Å². The molecule has 2 atom stereocenters. The van der Waals surface area contributed by atoms with E-state index in [2.05, 4.69) is 18.7 Å². The third-order valence-electron chi connectivity index (χ3n) is 4.08. The van der Waals surface area contributed by atoms with Crippen molar-refractivity contribution in [3.05, 3.63) is 0 Å². The second-order valence-corrected chi connectivity index (χ2v) is 5.67. The highest BCUT2D eigenvalue weighted by molar-refractivity contribution is 4.99. The first-order valence-corrected chi connectivity index (χ1v) is 6.11. The highest BCUT2D eigenvalue weighted by Gasteiger charge is 2.45. The van der Waals surface area contributed by atoms with E-state index in [0.29, 0.717) is 12.1 Å². The standard InChI is InChI=1S/C12H24N2/c1-10(13)7-11(2)14-8-12(9-14)5-3-4-6-12/h10-11H,3-9,13H2,1-2H3. The Kier molecular flexibility index (Phi) is 2.85. The average molecular weight is 196 g/mol. The van der Waals surface area contributed by atoms with Crippen LogP contribution < -0.4 is 5.73 Å². The predicted octanol–water partition coefficient (Wildman–Crippen LogP) is 1.99. The molecular formula is C12H24N2. The summed E-state index contributed by atoms with van der Waals surface area (Å²) in [5, 5.41) is 0. The quantitative estimate of drug-likeness (QED) is 0.748. The molecule has 2 unspecified atom stereocenters. The van der Waals surface area contributed by atoms with E-state index in [1.807, 2.05) is 0 Å². The fourth-order valence-corrected chi connectivity index (χ4v) is 3.26. The van der Waals surface area contributed by atoms with Gasteiger partial charge >= 0.3 is 0 Å². The van der Waals surface area contributed by atoms with Crippen LogP contribution in [-0.4, -0.2) is 30.1 Å². The van der Waals surface area contributed by atoms with Gasteiger partial charge in [-0.05, 0) is 38.5 Å². The zero-order chi connectivity index (χ0) is 10.2. The van der Waals surface area contributed by atoms with Gasteiger partial charge in [-0.2, -0.15) is 0 Å². The SMILES string of the molecule is CC(N)CC(C)N1CC2(CCCC2)C1. The molecule has 1 aliphatic carbocycles. The van der Waals surface area contributed by atoms with Gasteiger partial charge in [0.2, 0.25) is 0 Å². The third kappa shape index (κ3) is 1.96. The summed E-state index contributed by atoms with van der Waals surface area (Å²) in [5.74, 6) is 0. The molecule has 2 rings (SSSR count). The Morgan fingerprint density at radius 2 is 1.79 bits per heavy atom. The van der Waals surface area contributed by atoms with E-state index >= 15 is 0 Å². The summed E-state index contributed by atoms with van der Waals surface area (Å²) in [7, 11) is 0. The van der Waals surface area contributed by atoms with Gasteiger partial charge in [0.15, 0.2) is 0 Å². The molecule has 2 heteroatoms. The van der Waals surface area contributed by atoms with Crippen LogP contribution in [0.1, 0.15) is 46.0 Å². The average Bonchev–Trinajstić information content (AvgIpc) is 2.47. The van der Waals surface area contributed by atoms with Crippen LogP contribution in [0.2, 0.25) is 0 Å². The molecule has 0 radical (unpaired) electrons. The fraction of sp³-hybridized carbons (Fsp3) is 1.00. The zero-order valence-electron chi connectivity index (χ0n) is 9.63. The lowest BCUT2D eigenvalue weighted by molar-refractivity contribution is -0.0250. The van der Waals surface area contributed by atoms with Gasteiger partial charge in [-0.1, -0.05) is 12.8 Å². The summed E-state index contributed by atoms with van der Waals surface area (Å²) in [6, 6.07) is 1.05. The molecule has 2 N–H and O–H groups in total. The maximum atomic E-state index is 5.83. The van der Waals surface area contributed by atoms with Crippen molar-refractivity contribution >= 4 is 0 Å². The number of hydrogen-bond donors (Lipinski definition) is 1. The topological polar surface area (TPSA) is 29.3 Å². The monoisotopic (exact) mass is 196 g/mol. The maximum absolute atomic E-state index is 5.83. The number of nitrogens with two attached hydrogens (primary N) is 1. The summed E-state index contributed by atoms with van der Waals surface area (Å²) in [6.07, 6.45) is 7.05.